The first kappa shape index (κ1) is 21.8. The number of hydrogen-bond donors (Lipinski definition) is 0. The Kier molecular flexibility index (Phi) is 6.78. The highest BCUT2D eigenvalue weighted by Crippen LogP contribution is 2.27. The minimum atomic E-state index is -0.486. The summed E-state index contributed by atoms with van der Waals surface area (Å²) in [5.41, 5.74) is 2.76. The molecule has 0 spiro atoms. The molecule has 4 rings (SSSR count). The average Bonchev–Trinajstić information content (AvgIpc) is 3.55. The molecular weight excluding hydrogens is 436 g/mol. The average molecular weight is 455 g/mol. The van der Waals surface area contributed by atoms with Gasteiger partial charge in [0.05, 0.1) is 18.9 Å². The molecule has 0 saturated heterocycles. The van der Waals surface area contributed by atoms with E-state index in [1.165, 1.54) is 17.4 Å². The summed E-state index contributed by atoms with van der Waals surface area (Å²) in [5, 5.41) is 12.0. The van der Waals surface area contributed by atoms with E-state index in [9.17, 15) is 10.1 Å². The van der Waals surface area contributed by atoms with Gasteiger partial charge in [-0.3, -0.25) is 0 Å². The number of methoxy groups -OCH3 is 1. The third kappa shape index (κ3) is 5.64. The Morgan fingerprint density at radius 1 is 1.06 bits per heavy atom. The highest BCUT2D eigenvalue weighted by atomic mass is 32.1. The van der Waals surface area contributed by atoms with Gasteiger partial charge in [0.25, 0.3) is 0 Å². The monoisotopic (exact) mass is 454 g/mol. The second-order valence-corrected chi connectivity index (χ2v) is 7.64. The lowest BCUT2D eigenvalue weighted by molar-refractivity contribution is -0.128. The Bertz CT molecular complexity index is 1330. The largest absolute Gasteiger partial charge is 0.497 e. The van der Waals surface area contributed by atoms with Crippen molar-refractivity contribution in [2.24, 2.45) is 0 Å². The predicted octanol–water partition coefficient (Wildman–Crippen LogP) is 6.09. The van der Waals surface area contributed by atoms with Crippen molar-refractivity contribution in [1.29, 1.82) is 5.26 Å². The molecule has 33 heavy (non-hydrogen) atoms. The van der Waals surface area contributed by atoms with Gasteiger partial charge < -0.3 is 13.9 Å². The summed E-state index contributed by atoms with van der Waals surface area (Å²) in [7, 11) is 1.60. The number of benzene rings is 2. The van der Waals surface area contributed by atoms with Crippen LogP contribution in [0.3, 0.4) is 0 Å². The SMILES string of the molecule is COc1ccc(/C=C/C(=O)Oc2ccc(/C=C(\C#N)c3nc(-c4ccco4)cs3)cc2)cc1. The van der Waals surface area contributed by atoms with E-state index in [-0.39, 0.29) is 0 Å². The number of ether oxygens (including phenoxy) is 2. The third-order valence-corrected chi connectivity index (χ3v) is 5.44. The molecule has 0 atom stereocenters. The highest BCUT2D eigenvalue weighted by molar-refractivity contribution is 7.11. The van der Waals surface area contributed by atoms with Crippen LogP contribution in [-0.4, -0.2) is 18.1 Å². The zero-order chi connectivity index (χ0) is 23.0. The number of carbonyl (C=O) groups excluding carboxylic acids is 1. The second kappa shape index (κ2) is 10.3. The molecule has 0 amide bonds. The molecule has 0 aliphatic carbocycles. The van der Waals surface area contributed by atoms with Gasteiger partial charge in [0.15, 0.2) is 5.76 Å². The maximum absolute atomic E-state index is 12.1. The van der Waals surface area contributed by atoms with Crippen LogP contribution in [0.15, 0.2) is 82.8 Å². The summed E-state index contributed by atoms with van der Waals surface area (Å²) < 4.78 is 15.8. The van der Waals surface area contributed by atoms with Gasteiger partial charge in [0, 0.05) is 11.5 Å². The van der Waals surface area contributed by atoms with Crippen molar-refractivity contribution in [2.45, 2.75) is 0 Å². The molecule has 0 unspecified atom stereocenters. The smallest absolute Gasteiger partial charge is 0.336 e. The molecular formula is C26H18N2O4S. The molecule has 0 aliphatic heterocycles. The molecule has 7 heteroatoms. The van der Waals surface area contributed by atoms with E-state index < -0.39 is 5.97 Å². The first-order valence-electron chi connectivity index (χ1n) is 9.90. The first-order chi connectivity index (χ1) is 16.1. The summed E-state index contributed by atoms with van der Waals surface area (Å²) >= 11 is 1.37. The molecule has 0 bridgehead atoms. The molecule has 2 aromatic carbocycles. The van der Waals surface area contributed by atoms with Gasteiger partial charge in [-0.25, -0.2) is 9.78 Å². The van der Waals surface area contributed by atoms with E-state index in [0.717, 1.165) is 16.9 Å². The Labute approximate surface area is 194 Å². The number of allylic oxidation sites excluding steroid dienone is 1. The third-order valence-electron chi connectivity index (χ3n) is 4.57. The van der Waals surface area contributed by atoms with Crippen molar-refractivity contribution in [3.05, 3.63) is 94.5 Å². The van der Waals surface area contributed by atoms with Crippen LogP contribution in [0.5, 0.6) is 11.5 Å². The van der Waals surface area contributed by atoms with Crippen molar-refractivity contribution in [3.63, 3.8) is 0 Å². The van der Waals surface area contributed by atoms with E-state index in [0.29, 0.717) is 27.8 Å². The Hall–Kier alpha value is -4.41. The lowest BCUT2D eigenvalue weighted by Crippen LogP contribution is -2.03. The number of furan rings is 1. The predicted molar refractivity (Wildman–Crippen MR) is 127 cm³/mol. The molecule has 2 aromatic heterocycles. The zero-order valence-electron chi connectivity index (χ0n) is 17.6. The molecule has 4 aromatic rings. The fourth-order valence-electron chi connectivity index (χ4n) is 2.90. The topological polar surface area (TPSA) is 85.4 Å². The Morgan fingerprint density at radius 3 is 2.45 bits per heavy atom. The van der Waals surface area contributed by atoms with Gasteiger partial charge >= 0.3 is 5.97 Å². The number of hydrogen-bond acceptors (Lipinski definition) is 7. The molecule has 6 nitrogen and oxygen atoms in total. The Balaban J connectivity index is 1.40. The van der Waals surface area contributed by atoms with Gasteiger partial charge in [0.1, 0.15) is 28.3 Å². The van der Waals surface area contributed by atoms with Crippen LogP contribution in [0.2, 0.25) is 0 Å². The lowest BCUT2D eigenvalue weighted by atomic mass is 10.1. The normalized spacial score (nSPS) is 11.3. The van der Waals surface area contributed by atoms with Crippen molar-refractivity contribution < 1.29 is 18.7 Å². The second-order valence-electron chi connectivity index (χ2n) is 6.78. The number of carbonyl (C=O) groups is 1. The van der Waals surface area contributed by atoms with E-state index in [1.54, 1.807) is 55.9 Å². The van der Waals surface area contributed by atoms with Crippen LogP contribution < -0.4 is 9.47 Å². The van der Waals surface area contributed by atoms with E-state index >= 15 is 0 Å². The fourth-order valence-corrected chi connectivity index (χ4v) is 3.68. The maximum atomic E-state index is 12.1. The van der Waals surface area contributed by atoms with E-state index in [1.807, 2.05) is 35.7 Å². The molecule has 0 N–H and O–H groups in total. The summed E-state index contributed by atoms with van der Waals surface area (Å²) in [6.07, 6.45) is 6.35. The Morgan fingerprint density at radius 2 is 1.79 bits per heavy atom. The summed E-state index contributed by atoms with van der Waals surface area (Å²) in [5.74, 6) is 1.32. The minimum Gasteiger partial charge on any atom is -0.497 e. The van der Waals surface area contributed by atoms with Crippen LogP contribution in [0, 0.1) is 11.3 Å². The quantitative estimate of drug-likeness (QED) is 0.145. The first-order valence-corrected chi connectivity index (χ1v) is 10.8. The van der Waals surface area contributed by atoms with Crippen LogP contribution in [-0.2, 0) is 4.79 Å². The van der Waals surface area contributed by atoms with Crippen LogP contribution in [0.1, 0.15) is 16.1 Å². The van der Waals surface area contributed by atoms with E-state index in [4.69, 9.17) is 13.9 Å². The van der Waals surface area contributed by atoms with Gasteiger partial charge in [0.2, 0.25) is 0 Å². The van der Waals surface area contributed by atoms with Crippen molar-refractivity contribution in [2.75, 3.05) is 7.11 Å². The van der Waals surface area contributed by atoms with Crippen molar-refractivity contribution in [3.8, 4) is 29.0 Å². The summed E-state index contributed by atoms with van der Waals surface area (Å²) in [6.45, 7) is 0. The van der Waals surface area contributed by atoms with Gasteiger partial charge in [-0.1, -0.05) is 24.3 Å². The van der Waals surface area contributed by atoms with Crippen LogP contribution in [0.25, 0.3) is 29.2 Å². The van der Waals surface area contributed by atoms with Gasteiger partial charge in [-0.05, 0) is 59.7 Å². The molecule has 0 fully saturated rings. The van der Waals surface area contributed by atoms with Crippen molar-refractivity contribution in [1.82, 2.24) is 4.98 Å². The molecule has 162 valence electrons. The maximum Gasteiger partial charge on any atom is 0.336 e. The van der Waals surface area contributed by atoms with Crippen LogP contribution in [0.4, 0.5) is 0 Å². The molecule has 0 aliphatic rings. The minimum absolute atomic E-state index is 0.407. The number of thiazole rings is 1. The molecule has 0 radical (unpaired) electrons. The number of rotatable bonds is 7. The lowest BCUT2D eigenvalue weighted by Gasteiger charge is -2.02. The highest BCUT2D eigenvalue weighted by Gasteiger charge is 2.11. The number of nitrogens with zero attached hydrogens (tertiary/aromatic N) is 2. The van der Waals surface area contributed by atoms with E-state index in [2.05, 4.69) is 11.1 Å². The fraction of sp³-hybridized carbons (Fsp3) is 0.0385. The number of aromatic nitrogens is 1. The molecule has 2 heterocycles. The molecule has 0 saturated carbocycles. The summed E-state index contributed by atoms with van der Waals surface area (Å²) in [6, 6.07) is 20.0. The van der Waals surface area contributed by atoms with Crippen molar-refractivity contribution >= 4 is 35.0 Å². The number of esters is 1. The zero-order valence-corrected chi connectivity index (χ0v) is 18.4. The van der Waals surface area contributed by atoms with Gasteiger partial charge in [-0.15, -0.1) is 11.3 Å². The van der Waals surface area contributed by atoms with Crippen LogP contribution >= 0.6 is 11.3 Å². The van der Waals surface area contributed by atoms with Gasteiger partial charge in [-0.2, -0.15) is 5.26 Å². The number of nitriles is 1. The standard InChI is InChI=1S/C26H18N2O4S/c1-30-21-9-4-18(5-10-21)8-13-25(29)32-22-11-6-19(7-12-22)15-20(16-27)26-28-23(17-33-26)24-3-2-14-31-24/h2-15,17H,1H3/b13-8+,20-15+. The summed E-state index contributed by atoms with van der Waals surface area (Å²) in [4.78, 5) is 16.6.